The minimum absolute atomic E-state index is 0.101. The highest BCUT2D eigenvalue weighted by Gasteiger charge is 2.26. The number of likely N-dealkylation sites (tertiary alicyclic amines) is 1. The molecular formula is C20H24N2O2. The molecule has 1 atom stereocenters. The van der Waals surface area contributed by atoms with E-state index >= 15 is 0 Å². The Kier molecular flexibility index (Phi) is 5.62. The van der Waals surface area contributed by atoms with Crippen LogP contribution in [-0.4, -0.2) is 30.5 Å². The Hall–Kier alpha value is -2.17. The first-order valence-electron chi connectivity index (χ1n) is 8.46. The summed E-state index contributed by atoms with van der Waals surface area (Å²) >= 11 is 0. The zero-order valence-corrected chi connectivity index (χ0v) is 13.9. The van der Waals surface area contributed by atoms with Crippen molar-refractivity contribution in [2.75, 3.05) is 19.7 Å². The van der Waals surface area contributed by atoms with Crippen LogP contribution in [0.4, 0.5) is 0 Å². The third-order valence-electron chi connectivity index (χ3n) is 4.47. The van der Waals surface area contributed by atoms with Crippen LogP contribution in [-0.2, 0) is 17.9 Å². The average molecular weight is 324 g/mol. The van der Waals surface area contributed by atoms with Gasteiger partial charge in [0.05, 0.1) is 13.2 Å². The van der Waals surface area contributed by atoms with Gasteiger partial charge in [-0.3, -0.25) is 4.79 Å². The highest BCUT2D eigenvalue weighted by molar-refractivity contribution is 5.94. The van der Waals surface area contributed by atoms with Crippen LogP contribution in [0.3, 0.4) is 0 Å². The van der Waals surface area contributed by atoms with Crippen LogP contribution in [0.25, 0.3) is 0 Å². The van der Waals surface area contributed by atoms with Gasteiger partial charge in [0.15, 0.2) is 0 Å². The Balaban J connectivity index is 1.46. The Labute approximate surface area is 143 Å². The predicted octanol–water partition coefficient (Wildman–Crippen LogP) is 2.82. The first kappa shape index (κ1) is 16.7. The largest absolute Gasteiger partial charge is 0.376 e. The van der Waals surface area contributed by atoms with E-state index in [1.54, 1.807) is 0 Å². The number of benzene rings is 2. The maximum Gasteiger partial charge on any atom is 0.253 e. The Morgan fingerprint density at radius 1 is 1.08 bits per heavy atom. The molecule has 0 aromatic heterocycles. The van der Waals surface area contributed by atoms with E-state index < -0.39 is 0 Å². The highest BCUT2D eigenvalue weighted by Crippen LogP contribution is 2.20. The number of rotatable bonds is 6. The lowest BCUT2D eigenvalue weighted by molar-refractivity contribution is 0.0733. The molecular weight excluding hydrogens is 300 g/mol. The summed E-state index contributed by atoms with van der Waals surface area (Å²) in [6, 6.07) is 17.7. The Morgan fingerprint density at radius 2 is 1.83 bits per heavy atom. The molecule has 0 aliphatic carbocycles. The van der Waals surface area contributed by atoms with E-state index in [9.17, 15) is 4.79 Å². The van der Waals surface area contributed by atoms with Gasteiger partial charge in [0.1, 0.15) is 0 Å². The van der Waals surface area contributed by atoms with Gasteiger partial charge < -0.3 is 15.4 Å². The molecule has 0 bridgehead atoms. The predicted molar refractivity (Wildman–Crippen MR) is 94.4 cm³/mol. The first-order valence-corrected chi connectivity index (χ1v) is 8.46. The number of nitrogens with two attached hydrogens (primary N) is 1. The summed E-state index contributed by atoms with van der Waals surface area (Å²) in [5, 5.41) is 0. The third kappa shape index (κ3) is 4.22. The molecule has 3 rings (SSSR count). The molecule has 4 heteroatoms. The molecule has 0 saturated carbocycles. The fourth-order valence-corrected chi connectivity index (χ4v) is 3.04. The second kappa shape index (κ2) is 8.08. The van der Waals surface area contributed by atoms with Crippen LogP contribution < -0.4 is 5.73 Å². The average Bonchev–Trinajstić information content (AvgIpc) is 3.11. The maximum absolute atomic E-state index is 12.5. The summed E-state index contributed by atoms with van der Waals surface area (Å²) in [6.07, 6.45) is 1.00. The van der Waals surface area contributed by atoms with E-state index in [1.165, 1.54) is 5.56 Å². The highest BCUT2D eigenvalue weighted by atomic mass is 16.5. The third-order valence-corrected chi connectivity index (χ3v) is 4.47. The molecule has 2 aromatic rings. The molecule has 1 fully saturated rings. The Bertz CT molecular complexity index is 655. The second-order valence-corrected chi connectivity index (χ2v) is 6.31. The van der Waals surface area contributed by atoms with Crippen molar-refractivity contribution in [2.24, 2.45) is 11.7 Å². The molecule has 126 valence electrons. The van der Waals surface area contributed by atoms with Gasteiger partial charge in [0, 0.05) is 31.1 Å². The minimum Gasteiger partial charge on any atom is -0.376 e. The van der Waals surface area contributed by atoms with Gasteiger partial charge in [-0.2, -0.15) is 0 Å². The van der Waals surface area contributed by atoms with Crippen LogP contribution in [0.1, 0.15) is 27.9 Å². The zero-order chi connectivity index (χ0) is 16.8. The molecule has 1 aliphatic rings. The SMILES string of the molecule is NCc1ccc(C(=O)N2CCC(COCc3ccccc3)C2)cc1. The number of nitrogens with zero attached hydrogens (tertiary/aromatic N) is 1. The van der Waals surface area contributed by atoms with Gasteiger partial charge in [-0.1, -0.05) is 42.5 Å². The first-order chi connectivity index (χ1) is 11.8. The molecule has 2 N–H and O–H groups in total. The fraction of sp³-hybridized carbons (Fsp3) is 0.350. The van der Waals surface area contributed by atoms with Crippen LogP contribution >= 0.6 is 0 Å². The standard InChI is InChI=1S/C20H24N2O2/c21-12-16-6-8-19(9-7-16)20(23)22-11-10-18(13-22)15-24-14-17-4-2-1-3-5-17/h1-9,18H,10-15,21H2. The summed E-state index contributed by atoms with van der Waals surface area (Å²) in [6.45, 7) is 3.40. The van der Waals surface area contributed by atoms with Crippen LogP contribution in [0, 0.1) is 5.92 Å². The van der Waals surface area contributed by atoms with E-state index in [2.05, 4.69) is 12.1 Å². The molecule has 0 radical (unpaired) electrons. The molecule has 1 saturated heterocycles. The topological polar surface area (TPSA) is 55.6 Å². The van der Waals surface area contributed by atoms with E-state index in [4.69, 9.17) is 10.5 Å². The van der Waals surface area contributed by atoms with Crippen molar-refractivity contribution in [3.05, 3.63) is 71.3 Å². The summed E-state index contributed by atoms with van der Waals surface area (Å²) in [4.78, 5) is 14.5. The number of carbonyl (C=O) groups is 1. The number of hydrogen-bond donors (Lipinski definition) is 1. The molecule has 2 aromatic carbocycles. The number of ether oxygens (including phenoxy) is 1. The lowest BCUT2D eigenvalue weighted by atomic mass is 10.1. The van der Waals surface area contributed by atoms with Crippen LogP contribution in [0.5, 0.6) is 0 Å². The minimum atomic E-state index is 0.101. The molecule has 1 unspecified atom stereocenters. The molecule has 0 spiro atoms. The van der Waals surface area contributed by atoms with Crippen molar-refractivity contribution in [1.82, 2.24) is 4.90 Å². The van der Waals surface area contributed by atoms with Crippen molar-refractivity contribution >= 4 is 5.91 Å². The van der Waals surface area contributed by atoms with Gasteiger partial charge >= 0.3 is 0 Å². The molecule has 1 amide bonds. The summed E-state index contributed by atoms with van der Waals surface area (Å²) < 4.78 is 5.82. The Morgan fingerprint density at radius 3 is 2.54 bits per heavy atom. The van der Waals surface area contributed by atoms with Gasteiger partial charge in [-0.05, 0) is 29.7 Å². The maximum atomic E-state index is 12.5. The van der Waals surface area contributed by atoms with E-state index in [0.717, 1.165) is 30.6 Å². The summed E-state index contributed by atoms with van der Waals surface area (Å²) in [5.41, 5.74) is 8.56. The normalized spacial score (nSPS) is 17.2. The van der Waals surface area contributed by atoms with Crippen molar-refractivity contribution < 1.29 is 9.53 Å². The summed E-state index contributed by atoms with van der Waals surface area (Å²) in [5.74, 6) is 0.519. The van der Waals surface area contributed by atoms with Crippen molar-refractivity contribution in [1.29, 1.82) is 0 Å². The fourth-order valence-electron chi connectivity index (χ4n) is 3.04. The van der Waals surface area contributed by atoms with Crippen molar-refractivity contribution in [3.63, 3.8) is 0 Å². The monoisotopic (exact) mass is 324 g/mol. The lowest BCUT2D eigenvalue weighted by Gasteiger charge is -2.17. The molecule has 4 nitrogen and oxygen atoms in total. The zero-order valence-electron chi connectivity index (χ0n) is 13.9. The van der Waals surface area contributed by atoms with Gasteiger partial charge in [-0.15, -0.1) is 0 Å². The second-order valence-electron chi connectivity index (χ2n) is 6.31. The van der Waals surface area contributed by atoms with Crippen LogP contribution in [0.2, 0.25) is 0 Å². The smallest absolute Gasteiger partial charge is 0.253 e. The lowest BCUT2D eigenvalue weighted by Crippen LogP contribution is -2.29. The number of hydrogen-bond acceptors (Lipinski definition) is 3. The van der Waals surface area contributed by atoms with E-state index in [-0.39, 0.29) is 5.91 Å². The van der Waals surface area contributed by atoms with Crippen molar-refractivity contribution in [2.45, 2.75) is 19.6 Å². The molecule has 1 heterocycles. The van der Waals surface area contributed by atoms with E-state index in [1.807, 2.05) is 47.4 Å². The number of carbonyl (C=O) groups excluding carboxylic acids is 1. The van der Waals surface area contributed by atoms with Gasteiger partial charge in [0.25, 0.3) is 5.91 Å². The quantitative estimate of drug-likeness (QED) is 0.889. The van der Waals surface area contributed by atoms with Crippen molar-refractivity contribution in [3.8, 4) is 0 Å². The van der Waals surface area contributed by atoms with Crippen LogP contribution in [0.15, 0.2) is 54.6 Å². The van der Waals surface area contributed by atoms with Gasteiger partial charge in [0.2, 0.25) is 0 Å². The molecule has 1 aliphatic heterocycles. The van der Waals surface area contributed by atoms with E-state index in [0.29, 0.717) is 25.7 Å². The van der Waals surface area contributed by atoms with Gasteiger partial charge in [-0.25, -0.2) is 0 Å². The molecule has 24 heavy (non-hydrogen) atoms. The summed E-state index contributed by atoms with van der Waals surface area (Å²) in [7, 11) is 0. The number of amides is 1.